The van der Waals surface area contributed by atoms with E-state index < -0.39 is 5.91 Å². The maximum atomic E-state index is 12.1. The van der Waals surface area contributed by atoms with Crippen LogP contribution in [-0.4, -0.2) is 29.5 Å². The molecule has 1 amide bonds. The molecule has 21 heavy (non-hydrogen) atoms. The molecule has 0 aliphatic rings. The highest BCUT2D eigenvalue weighted by molar-refractivity contribution is 6.06. The molecule has 0 aromatic heterocycles. The number of anilines is 1. The monoisotopic (exact) mass is 287 g/mol. The van der Waals surface area contributed by atoms with E-state index in [0.29, 0.717) is 6.29 Å². The quantitative estimate of drug-likeness (QED) is 0.591. The third kappa shape index (κ3) is 3.11. The minimum Gasteiger partial charge on any atom is -0.508 e. The van der Waals surface area contributed by atoms with Crippen LogP contribution in [0.15, 0.2) is 36.4 Å². The van der Waals surface area contributed by atoms with Crippen molar-refractivity contribution < 1.29 is 24.5 Å². The summed E-state index contributed by atoms with van der Waals surface area (Å²) >= 11 is 0. The first-order valence-electron chi connectivity index (χ1n) is 6.01. The van der Waals surface area contributed by atoms with Crippen molar-refractivity contribution in [3.05, 3.63) is 47.5 Å². The molecule has 0 aliphatic heterocycles. The van der Waals surface area contributed by atoms with Crippen molar-refractivity contribution in [3.8, 4) is 17.2 Å². The lowest BCUT2D eigenvalue weighted by Crippen LogP contribution is -2.13. The van der Waals surface area contributed by atoms with E-state index in [4.69, 9.17) is 4.74 Å². The molecule has 0 bridgehead atoms. The molecule has 0 saturated heterocycles. The van der Waals surface area contributed by atoms with Crippen LogP contribution >= 0.6 is 0 Å². The Hall–Kier alpha value is -3.02. The van der Waals surface area contributed by atoms with E-state index in [1.165, 1.54) is 43.5 Å². The van der Waals surface area contributed by atoms with Gasteiger partial charge in [-0.1, -0.05) is 0 Å². The molecule has 0 atom stereocenters. The van der Waals surface area contributed by atoms with Crippen LogP contribution in [0.4, 0.5) is 5.69 Å². The topological polar surface area (TPSA) is 95.9 Å². The first-order chi connectivity index (χ1) is 10.0. The molecule has 2 aromatic carbocycles. The molecule has 108 valence electrons. The zero-order valence-corrected chi connectivity index (χ0v) is 11.2. The number of aldehydes is 1. The van der Waals surface area contributed by atoms with Gasteiger partial charge in [-0.2, -0.15) is 0 Å². The normalized spacial score (nSPS) is 9.95. The molecule has 0 radical (unpaired) electrons. The van der Waals surface area contributed by atoms with Crippen LogP contribution in [0, 0.1) is 0 Å². The lowest BCUT2D eigenvalue weighted by Gasteiger charge is -2.09. The van der Waals surface area contributed by atoms with Gasteiger partial charge in [-0.3, -0.25) is 9.59 Å². The predicted octanol–water partition coefficient (Wildman–Crippen LogP) is 2.17. The van der Waals surface area contributed by atoms with Crippen LogP contribution in [0.1, 0.15) is 20.7 Å². The molecule has 3 N–H and O–H groups in total. The van der Waals surface area contributed by atoms with Crippen molar-refractivity contribution in [2.24, 2.45) is 0 Å². The molecule has 0 spiro atoms. The number of hydrogen-bond donors (Lipinski definition) is 3. The molecule has 0 aliphatic carbocycles. The maximum absolute atomic E-state index is 12.1. The van der Waals surface area contributed by atoms with E-state index in [1.54, 1.807) is 0 Å². The summed E-state index contributed by atoms with van der Waals surface area (Å²) in [6.07, 6.45) is 0.529. The summed E-state index contributed by atoms with van der Waals surface area (Å²) in [4.78, 5) is 23.0. The van der Waals surface area contributed by atoms with E-state index in [-0.39, 0.29) is 34.1 Å². The van der Waals surface area contributed by atoms with Gasteiger partial charge in [0.25, 0.3) is 5.91 Å². The number of phenolic OH excluding ortho intramolecular Hbond substituents is 2. The van der Waals surface area contributed by atoms with Crippen LogP contribution in [0.5, 0.6) is 17.2 Å². The highest BCUT2D eigenvalue weighted by Crippen LogP contribution is 2.27. The second-order valence-electron chi connectivity index (χ2n) is 4.23. The van der Waals surface area contributed by atoms with Gasteiger partial charge in [-0.15, -0.1) is 0 Å². The highest BCUT2D eigenvalue weighted by atomic mass is 16.5. The van der Waals surface area contributed by atoms with Gasteiger partial charge in [-0.05, 0) is 36.4 Å². The third-order valence-electron chi connectivity index (χ3n) is 2.85. The van der Waals surface area contributed by atoms with E-state index in [0.717, 1.165) is 0 Å². The first-order valence-corrected chi connectivity index (χ1v) is 6.01. The Morgan fingerprint density at radius 3 is 2.57 bits per heavy atom. The van der Waals surface area contributed by atoms with Gasteiger partial charge in [0.05, 0.1) is 12.8 Å². The summed E-state index contributed by atoms with van der Waals surface area (Å²) in [6.45, 7) is 0. The molecule has 0 heterocycles. The van der Waals surface area contributed by atoms with Gasteiger partial charge in [0.2, 0.25) is 0 Å². The standard InChI is InChI=1S/C15H13NO5/c1-21-14-5-2-9(7-13(14)19)15(20)16-12-4-3-11(18)6-10(12)8-17/h2-8,18-19H,1H3,(H,16,20). The second-order valence-corrected chi connectivity index (χ2v) is 4.23. The molecule has 2 aromatic rings. The predicted molar refractivity (Wildman–Crippen MR) is 76.1 cm³/mol. The van der Waals surface area contributed by atoms with Crippen LogP contribution in [0.2, 0.25) is 0 Å². The van der Waals surface area contributed by atoms with Gasteiger partial charge in [0.15, 0.2) is 17.8 Å². The molecule has 2 rings (SSSR count). The van der Waals surface area contributed by atoms with Crippen molar-refractivity contribution in [1.82, 2.24) is 0 Å². The van der Waals surface area contributed by atoms with E-state index in [1.807, 2.05) is 0 Å². The Bertz CT molecular complexity index is 696. The highest BCUT2D eigenvalue weighted by Gasteiger charge is 2.12. The molecule has 0 fully saturated rings. The molecular weight excluding hydrogens is 274 g/mol. The van der Waals surface area contributed by atoms with Gasteiger partial charge in [-0.25, -0.2) is 0 Å². The fourth-order valence-electron chi connectivity index (χ4n) is 1.79. The summed E-state index contributed by atoms with van der Waals surface area (Å²) in [5.41, 5.74) is 0.627. The Morgan fingerprint density at radius 2 is 1.95 bits per heavy atom. The van der Waals surface area contributed by atoms with Gasteiger partial charge >= 0.3 is 0 Å². The number of amides is 1. The summed E-state index contributed by atoms with van der Waals surface area (Å²) < 4.78 is 4.89. The largest absolute Gasteiger partial charge is 0.508 e. The number of aromatic hydroxyl groups is 2. The van der Waals surface area contributed by atoms with Gasteiger partial charge in [0.1, 0.15) is 5.75 Å². The van der Waals surface area contributed by atoms with E-state index in [2.05, 4.69) is 5.32 Å². The summed E-state index contributed by atoms with van der Waals surface area (Å²) in [7, 11) is 1.40. The van der Waals surface area contributed by atoms with Crippen molar-refractivity contribution in [2.75, 3.05) is 12.4 Å². The van der Waals surface area contributed by atoms with Crippen molar-refractivity contribution in [1.29, 1.82) is 0 Å². The molecule has 0 saturated carbocycles. The average Bonchev–Trinajstić information content (AvgIpc) is 2.48. The molecular formula is C15H13NO5. The minimum absolute atomic E-state index is 0.0720. The lowest BCUT2D eigenvalue weighted by molar-refractivity contribution is 0.102. The van der Waals surface area contributed by atoms with Crippen LogP contribution in [-0.2, 0) is 0 Å². The number of benzene rings is 2. The molecule has 0 unspecified atom stereocenters. The Balaban J connectivity index is 2.26. The number of carbonyl (C=O) groups excluding carboxylic acids is 2. The summed E-state index contributed by atoms with van der Waals surface area (Å²) in [5, 5.41) is 21.5. The Kier molecular flexibility index (Phi) is 4.08. The van der Waals surface area contributed by atoms with Crippen LogP contribution in [0.3, 0.4) is 0 Å². The minimum atomic E-state index is -0.498. The Labute approximate surface area is 120 Å². The number of rotatable bonds is 4. The SMILES string of the molecule is COc1ccc(C(=O)Nc2ccc(O)cc2C=O)cc1O. The summed E-state index contributed by atoms with van der Waals surface area (Å²) in [6, 6.07) is 8.22. The first kappa shape index (κ1) is 14.4. The van der Waals surface area contributed by atoms with E-state index in [9.17, 15) is 19.8 Å². The second kappa shape index (κ2) is 5.96. The molecule has 6 heteroatoms. The zero-order valence-electron chi connectivity index (χ0n) is 11.2. The van der Waals surface area contributed by atoms with Gasteiger partial charge in [0, 0.05) is 11.1 Å². The number of methoxy groups -OCH3 is 1. The zero-order chi connectivity index (χ0) is 15.4. The van der Waals surface area contributed by atoms with Crippen molar-refractivity contribution in [2.45, 2.75) is 0 Å². The Morgan fingerprint density at radius 1 is 1.19 bits per heavy atom. The number of hydrogen-bond acceptors (Lipinski definition) is 5. The molecule has 6 nitrogen and oxygen atoms in total. The number of nitrogens with one attached hydrogen (secondary N) is 1. The fourth-order valence-corrected chi connectivity index (χ4v) is 1.79. The van der Waals surface area contributed by atoms with Crippen molar-refractivity contribution >= 4 is 17.9 Å². The number of carbonyl (C=O) groups is 2. The third-order valence-corrected chi connectivity index (χ3v) is 2.85. The lowest BCUT2D eigenvalue weighted by atomic mass is 10.1. The average molecular weight is 287 g/mol. The van der Waals surface area contributed by atoms with Gasteiger partial charge < -0.3 is 20.3 Å². The summed E-state index contributed by atoms with van der Waals surface area (Å²) in [5.74, 6) is -0.477. The van der Waals surface area contributed by atoms with Crippen LogP contribution in [0.25, 0.3) is 0 Å². The van der Waals surface area contributed by atoms with Crippen molar-refractivity contribution in [3.63, 3.8) is 0 Å². The van der Waals surface area contributed by atoms with E-state index >= 15 is 0 Å². The number of ether oxygens (including phenoxy) is 1. The van der Waals surface area contributed by atoms with Crippen LogP contribution < -0.4 is 10.1 Å². The fraction of sp³-hybridized carbons (Fsp3) is 0.0667. The number of phenols is 2. The maximum Gasteiger partial charge on any atom is 0.255 e. The smallest absolute Gasteiger partial charge is 0.255 e.